The molecule has 118 valence electrons. The second kappa shape index (κ2) is 6.66. The Hall–Kier alpha value is -1.27. The molecule has 0 amide bonds. The molecule has 0 aliphatic carbocycles. The quantitative estimate of drug-likeness (QED) is 0.774. The molecule has 1 aliphatic rings. The Bertz CT molecular complexity index is 598. The zero-order chi connectivity index (χ0) is 15.5. The SMILES string of the molecule is CCOc1cc2c(cc1CNCCS(C)(=O)=O)OC(C)C2. The number of hydrogen-bond acceptors (Lipinski definition) is 5. The fraction of sp³-hybridized carbons (Fsp3) is 0.600. The Labute approximate surface area is 126 Å². The summed E-state index contributed by atoms with van der Waals surface area (Å²) in [6.45, 7) is 5.59. The van der Waals surface area contributed by atoms with Gasteiger partial charge in [-0.15, -0.1) is 0 Å². The van der Waals surface area contributed by atoms with E-state index in [-0.39, 0.29) is 11.9 Å². The maximum Gasteiger partial charge on any atom is 0.148 e. The van der Waals surface area contributed by atoms with Gasteiger partial charge < -0.3 is 14.8 Å². The molecule has 21 heavy (non-hydrogen) atoms. The lowest BCUT2D eigenvalue weighted by atomic mass is 10.1. The molecule has 1 atom stereocenters. The smallest absolute Gasteiger partial charge is 0.148 e. The molecule has 5 nitrogen and oxygen atoms in total. The van der Waals surface area contributed by atoms with E-state index in [9.17, 15) is 8.42 Å². The molecule has 1 aromatic rings. The minimum atomic E-state index is -2.93. The zero-order valence-corrected chi connectivity index (χ0v) is 13.6. The lowest BCUT2D eigenvalue weighted by molar-refractivity contribution is 0.254. The van der Waals surface area contributed by atoms with Crippen molar-refractivity contribution >= 4 is 9.84 Å². The van der Waals surface area contributed by atoms with Gasteiger partial charge in [0.05, 0.1) is 12.4 Å². The van der Waals surface area contributed by atoms with E-state index in [2.05, 4.69) is 5.32 Å². The van der Waals surface area contributed by atoms with Gasteiger partial charge in [-0.1, -0.05) is 0 Å². The molecule has 1 N–H and O–H groups in total. The Morgan fingerprint density at radius 3 is 2.86 bits per heavy atom. The third-order valence-corrected chi connectivity index (χ3v) is 4.29. The first-order valence-electron chi connectivity index (χ1n) is 7.22. The average molecular weight is 313 g/mol. The number of ether oxygens (including phenoxy) is 2. The highest BCUT2D eigenvalue weighted by Gasteiger charge is 2.21. The van der Waals surface area contributed by atoms with E-state index in [4.69, 9.17) is 9.47 Å². The lowest BCUT2D eigenvalue weighted by Crippen LogP contribution is -2.22. The Kier molecular flexibility index (Phi) is 5.11. The van der Waals surface area contributed by atoms with Gasteiger partial charge in [-0.05, 0) is 26.0 Å². The fourth-order valence-electron chi connectivity index (χ4n) is 2.39. The molecule has 2 rings (SSSR count). The van der Waals surface area contributed by atoms with Crippen molar-refractivity contribution in [3.63, 3.8) is 0 Å². The molecule has 0 aromatic heterocycles. The number of sulfone groups is 1. The summed E-state index contributed by atoms with van der Waals surface area (Å²) in [7, 11) is -2.93. The van der Waals surface area contributed by atoms with E-state index < -0.39 is 9.84 Å². The van der Waals surface area contributed by atoms with Crippen molar-refractivity contribution < 1.29 is 17.9 Å². The molecule has 0 saturated heterocycles. The Morgan fingerprint density at radius 1 is 1.43 bits per heavy atom. The van der Waals surface area contributed by atoms with Gasteiger partial charge in [0, 0.05) is 36.9 Å². The van der Waals surface area contributed by atoms with Crippen molar-refractivity contribution in [2.24, 2.45) is 0 Å². The minimum absolute atomic E-state index is 0.134. The molecule has 6 heteroatoms. The van der Waals surface area contributed by atoms with Crippen molar-refractivity contribution in [3.8, 4) is 11.5 Å². The van der Waals surface area contributed by atoms with Gasteiger partial charge in [0.15, 0.2) is 0 Å². The van der Waals surface area contributed by atoms with E-state index in [0.29, 0.717) is 19.7 Å². The molecule has 0 saturated carbocycles. The first-order chi connectivity index (χ1) is 9.89. The largest absolute Gasteiger partial charge is 0.494 e. The molecule has 1 aromatic carbocycles. The number of rotatable bonds is 7. The van der Waals surface area contributed by atoms with Gasteiger partial charge >= 0.3 is 0 Å². The van der Waals surface area contributed by atoms with Gasteiger partial charge in [0.25, 0.3) is 0 Å². The van der Waals surface area contributed by atoms with Crippen LogP contribution in [-0.4, -0.2) is 39.7 Å². The van der Waals surface area contributed by atoms with Crippen LogP contribution in [0.5, 0.6) is 11.5 Å². The van der Waals surface area contributed by atoms with Crippen molar-refractivity contribution in [3.05, 3.63) is 23.3 Å². The van der Waals surface area contributed by atoms with Gasteiger partial charge in [-0.3, -0.25) is 0 Å². The van der Waals surface area contributed by atoms with Crippen LogP contribution in [0.25, 0.3) is 0 Å². The van der Waals surface area contributed by atoms with Crippen LogP contribution in [0.4, 0.5) is 0 Å². The van der Waals surface area contributed by atoms with Gasteiger partial charge in [-0.25, -0.2) is 8.42 Å². The summed E-state index contributed by atoms with van der Waals surface area (Å²) in [6, 6.07) is 4.03. The first kappa shape index (κ1) is 16.1. The zero-order valence-electron chi connectivity index (χ0n) is 12.8. The van der Waals surface area contributed by atoms with Gasteiger partial charge in [-0.2, -0.15) is 0 Å². The van der Waals surface area contributed by atoms with E-state index in [1.807, 2.05) is 26.0 Å². The normalized spacial score (nSPS) is 17.4. The van der Waals surface area contributed by atoms with Crippen LogP contribution in [0.1, 0.15) is 25.0 Å². The standard InChI is InChI=1S/C15H23NO4S/c1-4-19-14-8-12-7-11(2)20-15(12)9-13(14)10-16-5-6-21(3,17)18/h8-9,11,16H,4-7,10H2,1-3H3. The molecule has 1 heterocycles. The van der Waals surface area contributed by atoms with Crippen LogP contribution in [0.15, 0.2) is 12.1 Å². The minimum Gasteiger partial charge on any atom is -0.494 e. The van der Waals surface area contributed by atoms with Crippen molar-refractivity contribution in [2.75, 3.05) is 25.2 Å². The molecular formula is C15H23NO4S. The highest BCUT2D eigenvalue weighted by Crippen LogP contribution is 2.35. The van der Waals surface area contributed by atoms with Crippen molar-refractivity contribution in [1.82, 2.24) is 5.32 Å². The fourth-order valence-corrected chi connectivity index (χ4v) is 2.91. The number of fused-ring (bicyclic) bond motifs is 1. The molecule has 0 bridgehead atoms. The summed E-state index contributed by atoms with van der Waals surface area (Å²) in [4.78, 5) is 0. The molecule has 0 spiro atoms. The average Bonchev–Trinajstić information content (AvgIpc) is 2.73. The van der Waals surface area contributed by atoms with Crippen LogP contribution in [0.3, 0.4) is 0 Å². The van der Waals surface area contributed by atoms with Crippen LogP contribution in [0.2, 0.25) is 0 Å². The van der Waals surface area contributed by atoms with E-state index in [1.165, 1.54) is 11.8 Å². The second-order valence-electron chi connectivity index (χ2n) is 5.44. The summed E-state index contributed by atoms with van der Waals surface area (Å²) in [5.41, 5.74) is 2.17. The number of benzene rings is 1. The summed E-state index contributed by atoms with van der Waals surface area (Å²) in [6.07, 6.45) is 2.34. The maximum atomic E-state index is 11.1. The lowest BCUT2D eigenvalue weighted by Gasteiger charge is -2.13. The predicted molar refractivity (Wildman–Crippen MR) is 82.8 cm³/mol. The Morgan fingerprint density at radius 2 is 2.19 bits per heavy atom. The molecule has 0 fully saturated rings. The van der Waals surface area contributed by atoms with Crippen molar-refractivity contribution in [1.29, 1.82) is 0 Å². The topological polar surface area (TPSA) is 64.6 Å². The summed E-state index contributed by atoms with van der Waals surface area (Å²) in [5, 5.41) is 3.14. The third kappa shape index (κ3) is 4.61. The van der Waals surface area contributed by atoms with Crippen molar-refractivity contribution in [2.45, 2.75) is 32.9 Å². The van der Waals surface area contributed by atoms with E-state index in [0.717, 1.165) is 23.5 Å². The predicted octanol–water partition coefficient (Wildman–Crippen LogP) is 1.54. The number of nitrogens with one attached hydrogen (secondary N) is 1. The van der Waals surface area contributed by atoms with Crippen LogP contribution in [-0.2, 0) is 22.8 Å². The van der Waals surface area contributed by atoms with Gasteiger partial charge in [0.1, 0.15) is 27.4 Å². The molecule has 1 unspecified atom stereocenters. The van der Waals surface area contributed by atoms with E-state index >= 15 is 0 Å². The van der Waals surface area contributed by atoms with Crippen LogP contribution >= 0.6 is 0 Å². The van der Waals surface area contributed by atoms with Crippen LogP contribution < -0.4 is 14.8 Å². The van der Waals surface area contributed by atoms with Crippen LogP contribution in [0, 0.1) is 0 Å². The summed E-state index contributed by atoms with van der Waals surface area (Å²) >= 11 is 0. The molecular weight excluding hydrogens is 290 g/mol. The first-order valence-corrected chi connectivity index (χ1v) is 9.29. The second-order valence-corrected chi connectivity index (χ2v) is 7.70. The molecule has 1 aliphatic heterocycles. The van der Waals surface area contributed by atoms with Gasteiger partial charge in [0.2, 0.25) is 0 Å². The summed E-state index contributed by atoms with van der Waals surface area (Å²) < 4.78 is 33.7. The number of hydrogen-bond donors (Lipinski definition) is 1. The third-order valence-electron chi connectivity index (χ3n) is 3.34. The molecule has 0 radical (unpaired) electrons. The Balaban J connectivity index is 2.05. The maximum absolute atomic E-state index is 11.1. The summed E-state index contributed by atoms with van der Waals surface area (Å²) in [5.74, 6) is 1.89. The highest BCUT2D eigenvalue weighted by atomic mass is 32.2. The van der Waals surface area contributed by atoms with E-state index in [1.54, 1.807) is 0 Å². The monoisotopic (exact) mass is 313 g/mol. The highest BCUT2D eigenvalue weighted by molar-refractivity contribution is 7.90.